The number of hydrogen-bond acceptors (Lipinski definition) is 12. The van der Waals surface area contributed by atoms with Crippen LogP contribution in [0.3, 0.4) is 0 Å². The summed E-state index contributed by atoms with van der Waals surface area (Å²) >= 11 is 0. The van der Waals surface area contributed by atoms with E-state index in [0.717, 1.165) is 12.0 Å². The molecule has 0 spiro atoms. The predicted molar refractivity (Wildman–Crippen MR) is 213 cm³/mol. The van der Waals surface area contributed by atoms with Crippen LogP contribution in [0.1, 0.15) is 119 Å². The Balaban J connectivity index is 1.77. The molecule has 1 saturated carbocycles. The van der Waals surface area contributed by atoms with Gasteiger partial charge in [-0.2, -0.15) is 0 Å². The number of amides is 1. The lowest BCUT2D eigenvalue weighted by Gasteiger charge is -2.47. The number of aliphatic hydroxyl groups is 3. The lowest BCUT2D eigenvalue weighted by atomic mass is 9.81. The number of Topliss-reactive ketones (excluding diaryl/α,β-unsaturated/α-hetero) is 2. The molecule has 324 valence electrons. The van der Waals surface area contributed by atoms with Gasteiger partial charge >= 0.3 is 5.97 Å². The van der Waals surface area contributed by atoms with Gasteiger partial charge in [-0.05, 0) is 95.5 Å². The Morgan fingerprint density at radius 1 is 0.912 bits per heavy atom. The highest BCUT2D eigenvalue weighted by molar-refractivity contribution is 6.39. The summed E-state index contributed by atoms with van der Waals surface area (Å²) in [7, 11) is 4.64. The van der Waals surface area contributed by atoms with E-state index in [2.05, 4.69) is 6.92 Å². The zero-order valence-electron chi connectivity index (χ0n) is 35.8. The molecule has 1 aliphatic carbocycles. The number of fused-ring (bicyclic) bond motifs is 3. The molecule has 1 amide bonds. The second-order valence-electron chi connectivity index (χ2n) is 17.5. The normalized spacial score (nSPS) is 41.1. The Morgan fingerprint density at radius 3 is 2.23 bits per heavy atom. The summed E-state index contributed by atoms with van der Waals surface area (Å²) in [5.41, 5.74) is 1.67. The van der Waals surface area contributed by atoms with Crippen molar-refractivity contribution in [1.82, 2.24) is 4.90 Å². The fourth-order valence-corrected chi connectivity index (χ4v) is 9.60. The minimum Gasteiger partial charge on any atom is -0.456 e. The van der Waals surface area contributed by atoms with Gasteiger partial charge in [0.15, 0.2) is 0 Å². The van der Waals surface area contributed by atoms with Crippen LogP contribution in [-0.4, -0.2) is 126 Å². The molecule has 3 heterocycles. The minimum absolute atomic E-state index is 0.000416. The van der Waals surface area contributed by atoms with E-state index < -0.39 is 83.9 Å². The molecule has 3 aliphatic heterocycles. The van der Waals surface area contributed by atoms with E-state index in [1.807, 2.05) is 32.9 Å². The van der Waals surface area contributed by atoms with E-state index in [9.17, 15) is 34.5 Å². The van der Waals surface area contributed by atoms with E-state index >= 15 is 0 Å². The lowest BCUT2D eigenvalue weighted by molar-refractivity contribution is -0.302. The van der Waals surface area contributed by atoms with E-state index in [0.29, 0.717) is 56.9 Å². The molecular formula is C44H71NO12. The molecular weight excluding hydrogens is 734 g/mol. The van der Waals surface area contributed by atoms with Crippen LogP contribution in [0.25, 0.3) is 0 Å². The van der Waals surface area contributed by atoms with Crippen LogP contribution in [0.4, 0.5) is 0 Å². The second kappa shape index (κ2) is 21.1. The van der Waals surface area contributed by atoms with Crippen molar-refractivity contribution in [2.24, 2.45) is 29.6 Å². The zero-order valence-corrected chi connectivity index (χ0v) is 35.8. The molecule has 13 nitrogen and oxygen atoms in total. The monoisotopic (exact) mass is 805 g/mol. The largest absolute Gasteiger partial charge is 0.456 e. The van der Waals surface area contributed by atoms with Crippen molar-refractivity contribution < 1.29 is 58.2 Å². The summed E-state index contributed by atoms with van der Waals surface area (Å²) in [5.74, 6) is -7.46. The standard InChI is InChI=1S/C44H71NO12/c1-10-13-31-19-25(2)18-26(3)20-37(54-8)40-38(55-9)22-28(5)44(52,57-40)41(49)42(50)45-17-12-11-14-32(45)43(51)56-39(29(6)34(47)24-35(31)48)27(4)21-30-15-16-33(46)36(23-30)53-7/h19,21,26,28-34,36-40,46-47,52H,10-18,20,22-24H2,1-9H3/b25-19+,27-21+/t26-,28+,29+,30-,31+,32-,33+,34-,36+,37-,38-,39+,40+,44+/m0/s1. The van der Waals surface area contributed by atoms with Gasteiger partial charge in [-0.25, -0.2) is 4.79 Å². The smallest absolute Gasteiger partial charge is 0.329 e. The van der Waals surface area contributed by atoms with Crippen molar-refractivity contribution >= 4 is 23.4 Å². The molecule has 0 aromatic rings. The highest BCUT2D eigenvalue weighted by Crippen LogP contribution is 2.39. The highest BCUT2D eigenvalue weighted by atomic mass is 16.7. The second-order valence-corrected chi connectivity index (χ2v) is 17.5. The average Bonchev–Trinajstić information content (AvgIpc) is 3.18. The number of aliphatic hydroxyl groups excluding tert-OH is 2. The van der Waals surface area contributed by atoms with Crippen LogP contribution < -0.4 is 0 Å². The van der Waals surface area contributed by atoms with E-state index in [4.69, 9.17) is 23.7 Å². The summed E-state index contributed by atoms with van der Waals surface area (Å²) < 4.78 is 29.8. The van der Waals surface area contributed by atoms with Gasteiger partial charge in [0.05, 0.1) is 30.5 Å². The van der Waals surface area contributed by atoms with Crippen LogP contribution in [-0.2, 0) is 42.9 Å². The first-order valence-corrected chi connectivity index (χ1v) is 21.3. The van der Waals surface area contributed by atoms with Crippen LogP contribution in [0.2, 0.25) is 0 Å². The van der Waals surface area contributed by atoms with Gasteiger partial charge in [-0.1, -0.05) is 51.8 Å². The molecule has 4 rings (SSSR count). The summed E-state index contributed by atoms with van der Waals surface area (Å²) in [4.78, 5) is 57.9. The van der Waals surface area contributed by atoms with Crippen molar-refractivity contribution in [2.75, 3.05) is 27.9 Å². The molecule has 13 heteroatoms. The number of carbonyl (C=O) groups excluding carboxylic acids is 4. The topological polar surface area (TPSA) is 178 Å². The number of rotatable bonds is 7. The zero-order chi connectivity index (χ0) is 42.2. The average molecular weight is 806 g/mol. The maximum atomic E-state index is 14.3. The van der Waals surface area contributed by atoms with E-state index in [1.165, 1.54) is 19.1 Å². The third-order valence-corrected chi connectivity index (χ3v) is 13.1. The van der Waals surface area contributed by atoms with Gasteiger partial charge < -0.3 is 43.9 Å². The van der Waals surface area contributed by atoms with Crippen molar-refractivity contribution in [3.8, 4) is 0 Å². The number of hydrogen-bond donors (Lipinski definition) is 3. The highest BCUT2D eigenvalue weighted by Gasteiger charge is 2.56. The first-order valence-electron chi connectivity index (χ1n) is 21.3. The Bertz CT molecular complexity index is 1450. The molecule has 57 heavy (non-hydrogen) atoms. The van der Waals surface area contributed by atoms with Crippen LogP contribution >= 0.6 is 0 Å². The van der Waals surface area contributed by atoms with Gasteiger partial charge in [0.1, 0.15) is 24.0 Å². The van der Waals surface area contributed by atoms with Gasteiger partial charge in [0, 0.05) is 52.0 Å². The SMILES string of the molecule is CCC[C@@H]1/C=C(\C)C[C@H](C)C[C@H](OC)[C@H]2O[C@@](O)(C(=O)C(=O)N3CCCC[C@H]3C(=O)O[C@H](/C(C)=C/[C@@H]3CC[C@@H](O)[C@H](OC)C3)[C@H](C)[C@@H](O)CC1=O)[C@H](C)C[C@@H]2OC. The maximum absolute atomic E-state index is 14.3. The predicted octanol–water partition coefficient (Wildman–Crippen LogP) is 4.86. The Labute approximate surface area is 339 Å². The molecule has 0 radical (unpaired) electrons. The van der Waals surface area contributed by atoms with E-state index in [1.54, 1.807) is 21.0 Å². The fraction of sp³-hybridized carbons (Fsp3) is 0.818. The van der Waals surface area contributed by atoms with Crippen LogP contribution in [0, 0.1) is 29.6 Å². The molecule has 3 N–H and O–H groups in total. The minimum atomic E-state index is -2.50. The number of methoxy groups -OCH3 is 3. The van der Waals surface area contributed by atoms with Crippen LogP contribution in [0.5, 0.6) is 0 Å². The van der Waals surface area contributed by atoms with Crippen LogP contribution in [0.15, 0.2) is 23.3 Å². The van der Waals surface area contributed by atoms with E-state index in [-0.39, 0.29) is 49.5 Å². The third kappa shape index (κ3) is 11.4. The molecule has 2 bridgehead atoms. The number of allylic oxidation sites excluding steroid dienone is 3. The van der Waals surface area contributed by atoms with Gasteiger partial charge in [0.25, 0.3) is 11.7 Å². The number of ether oxygens (including phenoxy) is 5. The molecule has 0 aromatic heterocycles. The molecule has 0 unspecified atom stereocenters. The van der Waals surface area contributed by atoms with Gasteiger partial charge in [-0.3, -0.25) is 14.4 Å². The maximum Gasteiger partial charge on any atom is 0.329 e. The molecule has 4 aliphatic rings. The summed E-state index contributed by atoms with van der Waals surface area (Å²) in [6, 6.07) is -1.13. The molecule has 3 fully saturated rings. The molecule has 2 saturated heterocycles. The fourth-order valence-electron chi connectivity index (χ4n) is 9.60. The lowest BCUT2D eigenvalue weighted by Crippen LogP contribution is -2.64. The molecule has 14 atom stereocenters. The first kappa shape index (κ1) is 47.2. The molecule has 0 aromatic carbocycles. The van der Waals surface area contributed by atoms with Gasteiger partial charge in [0.2, 0.25) is 5.79 Å². The first-order chi connectivity index (χ1) is 27.0. The third-order valence-electron chi connectivity index (χ3n) is 13.1. The summed E-state index contributed by atoms with van der Waals surface area (Å²) in [5, 5.41) is 34.2. The number of nitrogens with zero attached hydrogens (tertiary/aromatic N) is 1. The number of ketones is 2. The Hall–Kier alpha value is -2.52. The van der Waals surface area contributed by atoms with Crippen molar-refractivity contribution in [1.29, 1.82) is 0 Å². The Morgan fingerprint density at radius 2 is 1.58 bits per heavy atom. The number of esters is 1. The summed E-state index contributed by atoms with van der Waals surface area (Å²) in [6.07, 6.45) is 4.60. The quantitative estimate of drug-likeness (QED) is 0.181. The van der Waals surface area contributed by atoms with Crippen molar-refractivity contribution in [3.63, 3.8) is 0 Å². The van der Waals surface area contributed by atoms with Crippen molar-refractivity contribution in [3.05, 3.63) is 23.3 Å². The number of cyclic esters (lactones) is 1. The number of carbonyl (C=O) groups is 4. The van der Waals surface area contributed by atoms with Gasteiger partial charge in [-0.15, -0.1) is 0 Å². The van der Waals surface area contributed by atoms with Crippen molar-refractivity contribution in [2.45, 2.75) is 173 Å². The summed E-state index contributed by atoms with van der Waals surface area (Å²) in [6.45, 7) is 11.4. The Kier molecular flexibility index (Phi) is 17.5. The number of piperidine rings is 1.